The molecule has 2 rings (SSSR count). The molecule has 0 heterocycles. The Morgan fingerprint density at radius 3 is 2.56 bits per heavy atom. The van der Waals surface area contributed by atoms with E-state index in [4.69, 9.17) is 4.74 Å². The Balaban J connectivity index is 2.28. The lowest BCUT2D eigenvalue weighted by Gasteiger charge is -2.10. The average Bonchev–Trinajstić information content (AvgIpc) is 2.62. The van der Waals surface area contributed by atoms with E-state index in [2.05, 4.69) is 37.2 Å². The number of nitro benzene ring substituents is 1. The molecule has 0 saturated carbocycles. The smallest absolute Gasteiger partial charge is 0.271 e. The number of hydrogen-bond donors (Lipinski definition) is 1. The van der Waals surface area contributed by atoms with Gasteiger partial charge in [0.2, 0.25) is 0 Å². The molecule has 0 radical (unpaired) electrons. The molecule has 0 bridgehead atoms. The maximum absolute atomic E-state index is 12.3. The highest BCUT2D eigenvalue weighted by atomic mass is 79.9. The molecule has 27 heavy (non-hydrogen) atoms. The van der Waals surface area contributed by atoms with Crippen LogP contribution < -0.4 is 10.1 Å². The minimum absolute atomic E-state index is 0.149. The number of ether oxygens (including phenoxy) is 1. The second kappa shape index (κ2) is 9.30. The third-order valence-corrected chi connectivity index (χ3v) is 4.48. The third kappa shape index (κ3) is 5.39. The number of benzene rings is 2. The molecule has 7 nitrogen and oxygen atoms in total. The summed E-state index contributed by atoms with van der Waals surface area (Å²) in [7, 11) is 0. The normalized spacial score (nSPS) is 10.8. The van der Waals surface area contributed by atoms with Crippen LogP contribution in [-0.2, 0) is 4.79 Å². The van der Waals surface area contributed by atoms with E-state index in [1.54, 1.807) is 12.1 Å². The van der Waals surface area contributed by atoms with Crippen molar-refractivity contribution >= 4 is 55.2 Å². The maximum Gasteiger partial charge on any atom is 0.271 e. The highest BCUT2D eigenvalue weighted by Crippen LogP contribution is 2.35. The second-order valence-electron chi connectivity index (χ2n) is 5.18. The van der Waals surface area contributed by atoms with E-state index >= 15 is 0 Å². The van der Waals surface area contributed by atoms with Gasteiger partial charge in [-0.2, -0.15) is 5.26 Å². The molecule has 1 N–H and O–H groups in total. The van der Waals surface area contributed by atoms with E-state index in [1.165, 1.54) is 30.3 Å². The molecule has 1 amide bonds. The molecule has 0 atom stereocenters. The first-order chi connectivity index (χ1) is 12.8. The summed E-state index contributed by atoms with van der Waals surface area (Å²) in [6.45, 7) is 2.35. The molecule has 9 heteroatoms. The summed E-state index contributed by atoms with van der Waals surface area (Å²) in [6, 6.07) is 10.8. The fraction of sp³-hybridized carbons (Fsp3) is 0.111. The van der Waals surface area contributed by atoms with Gasteiger partial charge in [-0.05, 0) is 68.6 Å². The molecular formula is C18H13Br2N3O4. The Morgan fingerprint density at radius 2 is 2.00 bits per heavy atom. The Morgan fingerprint density at radius 1 is 1.33 bits per heavy atom. The predicted octanol–water partition coefficient (Wildman–Crippen LogP) is 5.06. The van der Waals surface area contributed by atoms with Crippen molar-refractivity contribution in [1.82, 2.24) is 0 Å². The van der Waals surface area contributed by atoms with Crippen molar-refractivity contribution in [2.24, 2.45) is 0 Å². The van der Waals surface area contributed by atoms with Gasteiger partial charge in [0.15, 0.2) is 0 Å². The Kier molecular flexibility index (Phi) is 7.10. The van der Waals surface area contributed by atoms with Gasteiger partial charge in [0, 0.05) is 17.8 Å². The largest absolute Gasteiger partial charge is 0.492 e. The molecule has 0 aliphatic heterocycles. The van der Waals surface area contributed by atoms with Crippen LogP contribution in [0.3, 0.4) is 0 Å². The number of rotatable bonds is 6. The highest BCUT2D eigenvalue weighted by molar-refractivity contribution is 9.11. The summed E-state index contributed by atoms with van der Waals surface area (Å²) in [5.74, 6) is -0.0478. The van der Waals surface area contributed by atoms with Gasteiger partial charge in [-0.15, -0.1) is 0 Å². The maximum atomic E-state index is 12.3. The zero-order valence-corrected chi connectivity index (χ0v) is 17.2. The van der Waals surface area contributed by atoms with Gasteiger partial charge >= 0.3 is 0 Å². The molecule has 0 aliphatic rings. The summed E-state index contributed by atoms with van der Waals surface area (Å²) in [4.78, 5) is 22.6. The molecule has 0 aromatic heterocycles. The summed E-state index contributed by atoms with van der Waals surface area (Å²) < 4.78 is 6.83. The molecule has 0 saturated heterocycles. The average molecular weight is 495 g/mol. The van der Waals surface area contributed by atoms with Gasteiger partial charge in [-0.1, -0.05) is 6.07 Å². The van der Waals surface area contributed by atoms with E-state index in [1.807, 2.05) is 13.0 Å². The molecule has 0 fully saturated rings. The van der Waals surface area contributed by atoms with Gasteiger partial charge < -0.3 is 10.1 Å². The first kappa shape index (κ1) is 20.6. The van der Waals surface area contributed by atoms with Crippen LogP contribution in [0.4, 0.5) is 11.4 Å². The van der Waals surface area contributed by atoms with Crippen LogP contribution in [-0.4, -0.2) is 17.4 Å². The number of non-ortho nitro benzene ring substituents is 1. The second-order valence-corrected chi connectivity index (χ2v) is 6.89. The molecule has 0 spiro atoms. The number of hydrogen-bond acceptors (Lipinski definition) is 5. The lowest BCUT2D eigenvalue weighted by molar-refractivity contribution is -0.384. The van der Waals surface area contributed by atoms with Crippen molar-refractivity contribution in [3.05, 3.63) is 66.6 Å². The molecular weight excluding hydrogens is 482 g/mol. The monoisotopic (exact) mass is 493 g/mol. The fourth-order valence-electron chi connectivity index (χ4n) is 2.16. The summed E-state index contributed by atoms with van der Waals surface area (Å²) in [5, 5.41) is 22.6. The fourth-order valence-corrected chi connectivity index (χ4v) is 3.61. The van der Waals surface area contributed by atoms with Gasteiger partial charge in [0.05, 0.1) is 20.5 Å². The van der Waals surface area contributed by atoms with Crippen LogP contribution in [0.5, 0.6) is 5.75 Å². The van der Waals surface area contributed by atoms with Crippen molar-refractivity contribution in [1.29, 1.82) is 5.26 Å². The van der Waals surface area contributed by atoms with Crippen molar-refractivity contribution in [2.75, 3.05) is 11.9 Å². The number of carbonyl (C=O) groups excluding carboxylic acids is 1. The number of halogens is 2. The van der Waals surface area contributed by atoms with E-state index in [-0.39, 0.29) is 16.9 Å². The number of nitro groups is 1. The van der Waals surface area contributed by atoms with Gasteiger partial charge in [-0.25, -0.2) is 0 Å². The Bertz CT molecular complexity index is 944. The van der Waals surface area contributed by atoms with Crippen molar-refractivity contribution < 1.29 is 14.5 Å². The number of carbonyl (C=O) groups is 1. The minimum atomic E-state index is -0.667. The van der Waals surface area contributed by atoms with Crippen LogP contribution in [0.15, 0.2) is 50.9 Å². The summed E-state index contributed by atoms with van der Waals surface area (Å²) in [6.07, 6.45) is 1.41. The van der Waals surface area contributed by atoms with Crippen molar-refractivity contribution in [3.63, 3.8) is 0 Å². The number of nitriles is 1. The van der Waals surface area contributed by atoms with Crippen LogP contribution >= 0.6 is 31.9 Å². The summed E-state index contributed by atoms with van der Waals surface area (Å²) >= 11 is 6.78. The first-order valence-corrected chi connectivity index (χ1v) is 9.23. The van der Waals surface area contributed by atoms with Crippen LogP contribution in [0.2, 0.25) is 0 Å². The van der Waals surface area contributed by atoms with E-state index < -0.39 is 10.8 Å². The Labute approximate surface area is 172 Å². The zero-order chi connectivity index (χ0) is 20.0. The van der Waals surface area contributed by atoms with Crippen molar-refractivity contribution in [3.8, 4) is 11.8 Å². The molecule has 2 aromatic rings. The number of amides is 1. The quantitative estimate of drug-likeness (QED) is 0.261. The lowest BCUT2D eigenvalue weighted by Crippen LogP contribution is -2.13. The number of nitrogens with one attached hydrogen (secondary N) is 1. The van der Waals surface area contributed by atoms with E-state index in [0.29, 0.717) is 26.9 Å². The minimum Gasteiger partial charge on any atom is -0.492 e. The number of nitrogens with zero attached hydrogens (tertiary/aromatic N) is 2. The van der Waals surface area contributed by atoms with Crippen LogP contribution in [0.1, 0.15) is 12.5 Å². The predicted molar refractivity (Wildman–Crippen MR) is 108 cm³/mol. The van der Waals surface area contributed by atoms with Crippen molar-refractivity contribution in [2.45, 2.75) is 6.92 Å². The van der Waals surface area contributed by atoms with Crippen LogP contribution in [0.25, 0.3) is 6.08 Å². The van der Waals surface area contributed by atoms with E-state index in [0.717, 1.165) is 0 Å². The van der Waals surface area contributed by atoms with Gasteiger partial charge in [-0.3, -0.25) is 14.9 Å². The first-order valence-electron chi connectivity index (χ1n) is 7.65. The number of anilines is 1. The van der Waals surface area contributed by atoms with Gasteiger partial charge in [0.25, 0.3) is 11.6 Å². The molecule has 0 unspecified atom stereocenters. The molecule has 138 valence electrons. The van der Waals surface area contributed by atoms with E-state index in [9.17, 15) is 20.2 Å². The topological polar surface area (TPSA) is 105 Å². The SMILES string of the molecule is CCOc1c(Br)cc(/C=C(\C#N)C(=O)Nc2cccc([N+](=O)[O-])c2)cc1Br. The standard InChI is InChI=1S/C18H13Br2N3O4/c1-2-27-17-15(19)7-11(8-16(17)20)6-12(10-21)18(24)22-13-4-3-5-14(9-13)23(25)26/h3-9H,2H2,1H3,(H,22,24)/b12-6+. The summed E-state index contributed by atoms with van der Waals surface area (Å²) in [5.41, 5.74) is 0.520. The molecule has 2 aromatic carbocycles. The molecule has 0 aliphatic carbocycles. The van der Waals surface area contributed by atoms with Crippen LogP contribution in [0, 0.1) is 21.4 Å². The zero-order valence-electron chi connectivity index (χ0n) is 14.0. The van der Waals surface area contributed by atoms with Gasteiger partial charge in [0.1, 0.15) is 17.4 Å². The third-order valence-electron chi connectivity index (χ3n) is 3.30. The lowest BCUT2D eigenvalue weighted by atomic mass is 10.1. The Hall–Kier alpha value is -2.70. The highest BCUT2D eigenvalue weighted by Gasteiger charge is 2.14.